The zero-order chi connectivity index (χ0) is 10.1. The van der Waals surface area contributed by atoms with Gasteiger partial charge in [-0.2, -0.15) is 0 Å². The fraction of sp³-hybridized carbons (Fsp3) is 0.250. The Hall–Kier alpha value is -1.14. The van der Waals surface area contributed by atoms with Crippen LogP contribution in [0.15, 0.2) is 21.5 Å². The Morgan fingerprint density at radius 3 is 3.07 bits per heavy atom. The molecule has 0 aliphatic heterocycles. The number of hydrogen-bond donors (Lipinski definition) is 2. The number of rotatable bonds is 2. The van der Waals surface area contributed by atoms with Gasteiger partial charge in [-0.05, 0) is 28.5 Å². The Labute approximate surface area is 88.1 Å². The van der Waals surface area contributed by atoms with E-state index >= 15 is 0 Å². The van der Waals surface area contributed by atoms with Crippen LogP contribution in [0.2, 0.25) is 0 Å². The summed E-state index contributed by atoms with van der Waals surface area (Å²) in [5, 5.41) is 2.65. The second-order valence-corrected chi connectivity index (χ2v) is 3.64. The first-order chi connectivity index (χ1) is 6.72. The van der Waals surface area contributed by atoms with Crippen LogP contribution in [0.5, 0.6) is 0 Å². The van der Waals surface area contributed by atoms with Crippen LogP contribution in [0.4, 0.5) is 0 Å². The largest absolute Gasteiger partial charge is 0.330 e. The van der Waals surface area contributed by atoms with Crippen molar-refractivity contribution in [1.29, 1.82) is 0 Å². The highest BCUT2D eigenvalue weighted by molar-refractivity contribution is 9.10. The summed E-state index contributed by atoms with van der Waals surface area (Å²) in [5.74, 6) is 0. The molecule has 0 spiro atoms. The number of H-pyrrole nitrogens is 1. The van der Waals surface area contributed by atoms with Crippen molar-refractivity contribution in [3.8, 4) is 0 Å². The molecule has 6 heteroatoms. The topological polar surface area (TPSA) is 76.2 Å². The summed E-state index contributed by atoms with van der Waals surface area (Å²) >= 11 is 3.36. The van der Waals surface area contributed by atoms with Crippen molar-refractivity contribution in [2.45, 2.75) is 6.42 Å². The van der Waals surface area contributed by atoms with E-state index in [1.54, 1.807) is 10.6 Å². The minimum absolute atomic E-state index is 0.158. The second-order valence-electron chi connectivity index (χ2n) is 2.89. The van der Waals surface area contributed by atoms with Crippen molar-refractivity contribution in [2.24, 2.45) is 5.73 Å². The lowest BCUT2D eigenvalue weighted by Gasteiger charge is -1.93. The van der Waals surface area contributed by atoms with E-state index in [4.69, 9.17) is 5.73 Å². The van der Waals surface area contributed by atoms with Gasteiger partial charge in [0.15, 0.2) is 5.65 Å². The summed E-state index contributed by atoms with van der Waals surface area (Å²) in [7, 11) is 0. The number of hydrogen-bond acceptors (Lipinski definition) is 3. The van der Waals surface area contributed by atoms with E-state index in [9.17, 15) is 4.79 Å². The molecule has 0 aliphatic rings. The maximum absolute atomic E-state index is 11.1. The van der Waals surface area contributed by atoms with Gasteiger partial charge in [0.05, 0.1) is 5.69 Å². The van der Waals surface area contributed by atoms with Crippen molar-refractivity contribution in [3.63, 3.8) is 0 Å². The van der Waals surface area contributed by atoms with E-state index in [0.29, 0.717) is 18.6 Å². The predicted octanol–water partition coefficient (Wildman–Crippen LogP) is 0.286. The maximum atomic E-state index is 11.1. The number of nitrogens with two attached hydrogens (primary N) is 1. The van der Waals surface area contributed by atoms with E-state index in [1.807, 2.05) is 0 Å². The van der Waals surface area contributed by atoms with Crippen molar-refractivity contribution in [3.05, 3.63) is 32.8 Å². The molecule has 0 aromatic carbocycles. The van der Waals surface area contributed by atoms with Crippen molar-refractivity contribution >= 4 is 21.6 Å². The maximum Gasteiger partial charge on any atom is 0.263 e. The van der Waals surface area contributed by atoms with Crippen LogP contribution in [-0.2, 0) is 6.42 Å². The van der Waals surface area contributed by atoms with Gasteiger partial charge in [0.2, 0.25) is 0 Å². The Bertz CT molecular complexity index is 516. The minimum atomic E-state index is -0.158. The molecule has 14 heavy (non-hydrogen) atoms. The van der Waals surface area contributed by atoms with Crippen LogP contribution in [0, 0.1) is 0 Å². The predicted molar refractivity (Wildman–Crippen MR) is 56.3 cm³/mol. The molecule has 0 fully saturated rings. The highest BCUT2D eigenvalue weighted by atomic mass is 79.9. The van der Waals surface area contributed by atoms with E-state index < -0.39 is 0 Å². The van der Waals surface area contributed by atoms with Crippen LogP contribution in [0.1, 0.15) is 5.69 Å². The molecule has 0 atom stereocenters. The van der Waals surface area contributed by atoms with Gasteiger partial charge in [0, 0.05) is 12.5 Å². The van der Waals surface area contributed by atoms with Gasteiger partial charge in [-0.1, -0.05) is 0 Å². The van der Waals surface area contributed by atoms with Crippen LogP contribution >= 0.6 is 15.9 Å². The van der Waals surface area contributed by atoms with E-state index in [-0.39, 0.29) is 5.56 Å². The number of fused-ring (bicyclic) bond motifs is 1. The van der Waals surface area contributed by atoms with Crippen LogP contribution in [0.25, 0.3) is 5.65 Å². The highest BCUT2D eigenvalue weighted by Gasteiger charge is 2.08. The normalized spacial score (nSPS) is 11.0. The summed E-state index contributed by atoms with van der Waals surface area (Å²) in [4.78, 5) is 15.4. The summed E-state index contributed by atoms with van der Waals surface area (Å²) in [6, 6.07) is 3.12. The highest BCUT2D eigenvalue weighted by Crippen LogP contribution is 2.16. The van der Waals surface area contributed by atoms with Gasteiger partial charge in [-0.15, -0.1) is 0 Å². The van der Waals surface area contributed by atoms with Crippen LogP contribution in [-0.4, -0.2) is 21.1 Å². The Balaban J connectivity index is 2.67. The van der Waals surface area contributed by atoms with E-state index in [2.05, 4.69) is 26.0 Å². The van der Waals surface area contributed by atoms with Gasteiger partial charge in [-0.25, -0.2) is 9.50 Å². The lowest BCUT2D eigenvalue weighted by atomic mass is 10.3. The van der Waals surface area contributed by atoms with Crippen molar-refractivity contribution < 1.29 is 0 Å². The van der Waals surface area contributed by atoms with E-state index in [0.717, 1.165) is 10.3 Å². The smallest absolute Gasteiger partial charge is 0.263 e. The fourth-order valence-corrected chi connectivity index (χ4v) is 1.83. The fourth-order valence-electron chi connectivity index (χ4n) is 1.28. The van der Waals surface area contributed by atoms with Gasteiger partial charge >= 0.3 is 0 Å². The molecule has 0 aliphatic carbocycles. The Morgan fingerprint density at radius 1 is 1.57 bits per heavy atom. The number of nitrogens with one attached hydrogen (secondary N) is 1. The van der Waals surface area contributed by atoms with Gasteiger partial charge < -0.3 is 5.73 Å². The lowest BCUT2D eigenvalue weighted by Crippen LogP contribution is -2.09. The Morgan fingerprint density at radius 2 is 2.36 bits per heavy atom. The van der Waals surface area contributed by atoms with Gasteiger partial charge in [0.1, 0.15) is 4.60 Å². The van der Waals surface area contributed by atoms with Crippen molar-refractivity contribution in [2.75, 3.05) is 6.54 Å². The third-order valence-electron chi connectivity index (χ3n) is 1.90. The van der Waals surface area contributed by atoms with Gasteiger partial charge in [0.25, 0.3) is 5.56 Å². The first-order valence-electron chi connectivity index (χ1n) is 4.18. The summed E-state index contributed by atoms with van der Waals surface area (Å²) in [6.07, 6.45) is 0.685. The number of aromatic amines is 1. The molecule has 0 saturated heterocycles. The monoisotopic (exact) mass is 256 g/mol. The molecule has 0 amide bonds. The molecule has 0 bridgehead atoms. The van der Waals surface area contributed by atoms with E-state index in [1.165, 1.54) is 6.07 Å². The minimum Gasteiger partial charge on any atom is -0.330 e. The number of nitrogens with zero attached hydrogens (tertiary/aromatic N) is 2. The number of halogens is 1. The standard InChI is InChI=1S/C8H9BrN4O/c9-8-5(3-4-10)11-6-1-2-7(14)12-13(6)8/h1-2H,3-4,10H2,(H,12,14). The number of aromatic nitrogens is 3. The molecule has 5 nitrogen and oxygen atoms in total. The molecule has 0 saturated carbocycles. The molecule has 2 heterocycles. The average molecular weight is 257 g/mol. The molecule has 2 aromatic heterocycles. The molecule has 2 rings (SSSR count). The third kappa shape index (κ3) is 1.46. The molecule has 3 N–H and O–H groups in total. The molecule has 0 radical (unpaired) electrons. The first-order valence-corrected chi connectivity index (χ1v) is 4.98. The Kier molecular flexibility index (Phi) is 2.39. The van der Waals surface area contributed by atoms with Crippen LogP contribution in [0.3, 0.4) is 0 Å². The molecule has 0 unspecified atom stereocenters. The van der Waals surface area contributed by atoms with Crippen molar-refractivity contribution in [1.82, 2.24) is 14.6 Å². The molecular weight excluding hydrogens is 248 g/mol. The molecular formula is C8H9BrN4O. The SMILES string of the molecule is NCCc1nc2ccc(=O)[nH]n2c1Br. The third-order valence-corrected chi connectivity index (χ3v) is 2.71. The molecule has 2 aromatic rings. The molecule has 74 valence electrons. The zero-order valence-electron chi connectivity index (χ0n) is 7.33. The summed E-state index contributed by atoms with van der Waals surface area (Å²) in [5.41, 5.74) is 6.85. The van der Waals surface area contributed by atoms with Gasteiger partial charge in [-0.3, -0.25) is 9.89 Å². The lowest BCUT2D eigenvalue weighted by molar-refractivity contribution is 0.871. The second kappa shape index (κ2) is 3.55. The first kappa shape index (κ1) is 9.42. The zero-order valence-corrected chi connectivity index (χ0v) is 8.91. The summed E-state index contributed by atoms with van der Waals surface area (Å²) in [6.45, 7) is 0.534. The summed E-state index contributed by atoms with van der Waals surface area (Å²) < 4.78 is 2.36. The number of imidazole rings is 1. The average Bonchev–Trinajstić information content (AvgIpc) is 2.46. The quantitative estimate of drug-likeness (QED) is 0.811. The van der Waals surface area contributed by atoms with Crippen LogP contribution < -0.4 is 11.3 Å².